The topological polar surface area (TPSA) is 80.0 Å². The van der Waals surface area contributed by atoms with Crippen LogP contribution in [-0.4, -0.2) is 32.1 Å². The van der Waals surface area contributed by atoms with Gasteiger partial charge in [0.2, 0.25) is 11.1 Å². The average molecular weight is 292 g/mol. The summed E-state index contributed by atoms with van der Waals surface area (Å²) in [6.45, 7) is 0. The number of nitrogens with zero attached hydrogens (tertiary/aromatic N) is 3. The molecule has 0 aromatic carbocycles. The van der Waals surface area contributed by atoms with Crippen LogP contribution in [0.4, 0.5) is 5.95 Å². The highest BCUT2D eigenvalue weighted by Gasteiger charge is 2.31. The van der Waals surface area contributed by atoms with E-state index in [4.69, 9.17) is 0 Å². The third-order valence-electron chi connectivity index (χ3n) is 3.68. The predicted molar refractivity (Wildman–Crippen MR) is 76.7 cm³/mol. The smallest absolute Gasteiger partial charge is 0.352 e. The summed E-state index contributed by atoms with van der Waals surface area (Å²) in [6, 6.07) is -0.0456. The second-order valence-corrected chi connectivity index (χ2v) is 5.69. The molecule has 0 bridgehead atoms. The molecule has 20 heavy (non-hydrogen) atoms. The van der Waals surface area contributed by atoms with E-state index >= 15 is 0 Å². The summed E-state index contributed by atoms with van der Waals surface area (Å²) in [5.74, 6) is -0.0679. The second kappa shape index (κ2) is 5.32. The molecule has 0 saturated carbocycles. The fraction of sp³-hybridized carbons (Fsp3) is 0.462. The molecule has 6 nitrogen and oxygen atoms in total. The van der Waals surface area contributed by atoms with Crippen LogP contribution in [0.25, 0.3) is 0 Å². The van der Waals surface area contributed by atoms with Gasteiger partial charge in [0.05, 0.1) is 6.04 Å². The summed E-state index contributed by atoms with van der Waals surface area (Å²) < 4.78 is 1.82. The first kappa shape index (κ1) is 13.2. The number of nitrogens with one attached hydrogen (secondary N) is 1. The van der Waals surface area contributed by atoms with Gasteiger partial charge in [0, 0.05) is 0 Å². The van der Waals surface area contributed by atoms with Gasteiger partial charge >= 0.3 is 5.97 Å². The van der Waals surface area contributed by atoms with Crippen molar-refractivity contribution in [1.82, 2.24) is 14.8 Å². The Balaban J connectivity index is 1.99. The highest BCUT2D eigenvalue weighted by Crippen LogP contribution is 2.36. The SMILES string of the molecule is CSc1nc2n(n1)[C@H]([C@@H]1CC=CCC1)C=C(C(=O)O)N2. The number of thioether (sulfide) groups is 1. The second-order valence-electron chi connectivity index (χ2n) is 4.91. The number of fused-ring (bicyclic) bond motifs is 1. The maximum absolute atomic E-state index is 11.3. The summed E-state index contributed by atoms with van der Waals surface area (Å²) in [5.41, 5.74) is 0.192. The summed E-state index contributed by atoms with van der Waals surface area (Å²) in [7, 11) is 0. The van der Waals surface area contributed by atoms with Crippen LogP contribution in [0.1, 0.15) is 25.3 Å². The third kappa shape index (κ3) is 2.33. The van der Waals surface area contributed by atoms with Crippen molar-refractivity contribution in [2.75, 3.05) is 11.6 Å². The molecule has 0 spiro atoms. The first-order valence-electron chi connectivity index (χ1n) is 6.56. The van der Waals surface area contributed by atoms with Gasteiger partial charge in [-0.05, 0) is 37.5 Å². The molecular formula is C13H16N4O2S. The Bertz CT molecular complexity index is 593. The van der Waals surface area contributed by atoms with Gasteiger partial charge in [-0.2, -0.15) is 4.98 Å². The van der Waals surface area contributed by atoms with Gasteiger partial charge in [0.1, 0.15) is 5.70 Å². The van der Waals surface area contributed by atoms with Gasteiger partial charge in [0.15, 0.2) is 0 Å². The van der Waals surface area contributed by atoms with Gasteiger partial charge in [-0.3, -0.25) is 0 Å². The van der Waals surface area contributed by atoms with Gasteiger partial charge in [-0.1, -0.05) is 23.9 Å². The van der Waals surface area contributed by atoms with Crippen LogP contribution < -0.4 is 5.32 Å². The minimum atomic E-state index is -0.957. The summed E-state index contributed by atoms with van der Waals surface area (Å²) in [6.07, 6.45) is 11.0. The molecule has 2 aliphatic rings. The monoisotopic (exact) mass is 292 g/mol. The van der Waals surface area contributed by atoms with Crippen LogP contribution in [0.3, 0.4) is 0 Å². The Morgan fingerprint density at radius 3 is 3.05 bits per heavy atom. The molecule has 0 radical (unpaired) electrons. The van der Waals surface area contributed by atoms with Gasteiger partial charge in [0.25, 0.3) is 0 Å². The Hall–Kier alpha value is -1.76. The van der Waals surface area contributed by atoms with E-state index < -0.39 is 5.97 Å². The minimum absolute atomic E-state index is 0.0456. The van der Waals surface area contributed by atoms with E-state index in [1.165, 1.54) is 11.8 Å². The lowest BCUT2D eigenvalue weighted by atomic mass is 9.87. The van der Waals surface area contributed by atoms with Crippen LogP contribution in [0, 0.1) is 5.92 Å². The van der Waals surface area contributed by atoms with Crippen molar-refractivity contribution in [2.24, 2.45) is 5.92 Å². The quantitative estimate of drug-likeness (QED) is 0.657. The summed E-state index contributed by atoms with van der Waals surface area (Å²) in [5, 5.41) is 17.2. The van der Waals surface area contributed by atoms with Crippen molar-refractivity contribution in [3.63, 3.8) is 0 Å². The molecule has 2 N–H and O–H groups in total. The average Bonchev–Trinajstić information content (AvgIpc) is 2.90. The number of carboxylic acids is 1. The number of rotatable bonds is 3. The van der Waals surface area contributed by atoms with E-state index in [1.807, 2.05) is 10.9 Å². The predicted octanol–water partition coefficient (Wildman–Crippen LogP) is 2.29. The normalized spacial score (nSPS) is 24.8. The van der Waals surface area contributed by atoms with E-state index in [9.17, 15) is 9.90 Å². The molecule has 1 aliphatic carbocycles. The third-order valence-corrected chi connectivity index (χ3v) is 4.22. The Morgan fingerprint density at radius 1 is 1.55 bits per heavy atom. The number of carbonyl (C=O) groups is 1. The minimum Gasteiger partial charge on any atom is -0.477 e. The number of anilines is 1. The molecule has 1 aromatic heterocycles. The molecule has 2 atom stereocenters. The zero-order valence-corrected chi connectivity index (χ0v) is 11.9. The van der Waals surface area contributed by atoms with E-state index in [0.29, 0.717) is 17.0 Å². The van der Waals surface area contributed by atoms with E-state index in [1.54, 1.807) is 6.08 Å². The van der Waals surface area contributed by atoms with Gasteiger partial charge < -0.3 is 10.4 Å². The van der Waals surface area contributed by atoms with Crippen LogP contribution in [-0.2, 0) is 4.79 Å². The van der Waals surface area contributed by atoms with Crippen molar-refractivity contribution in [1.29, 1.82) is 0 Å². The maximum Gasteiger partial charge on any atom is 0.352 e. The van der Waals surface area contributed by atoms with Crippen LogP contribution >= 0.6 is 11.8 Å². The van der Waals surface area contributed by atoms with Crippen molar-refractivity contribution in [2.45, 2.75) is 30.5 Å². The number of hydrogen-bond acceptors (Lipinski definition) is 5. The molecular weight excluding hydrogens is 276 g/mol. The molecule has 3 rings (SSSR count). The first-order chi connectivity index (χ1) is 9.69. The fourth-order valence-corrected chi connectivity index (χ4v) is 3.02. The highest BCUT2D eigenvalue weighted by molar-refractivity contribution is 7.98. The lowest BCUT2D eigenvalue weighted by Gasteiger charge is -2.29. The van der Waals surface area contributed by atoms with E-state index in [-0.39, 0.29) is 11.7 Å². The zero-order valence-electron chi connectivity index (χ0n) is 11.1. The van der Waals surface area contributed by atoms with Gasteiger partial charge in [-0.15, -0.1) is 5.10 Å². The number of aliphatic carboxylic acids is 1. The zero-order chi connectivity index (χ0) is 14.1. The summed E-state index contributed by atoms with van der Waals surface area (Å²) >= 11 is 1.45. The Morgan fingerprint density at radius 2 is 2.40 bits per heavy atom. The standard InChI is InChI=1S/C13H16N4O2S/c1-20-13-15-12-14-9(11(18)19)7-10(17(12)16-13)8-5-3-2-4-6-8/h2-3,7-8,10H,4-6H2,1H3,(H,18,19)(H,14,15,16)/t8-,10+/m1/s1. The maximum atomic E-state index is 11.3. The molecule has 0 saturated heterocycles. The lowest BCUT2D eigenvalue weighted by Crippen LogP contribution is -2.28. The largest absolute Gasteiger partial charge is 0.477 e. The Labute approximate surface area is 121 Å². The molecule has 0 unspecified atom stereocenters. The molecule has 7 heteroatoms. The van der Waals surface area contributed by atoms with Gasteiger partial charge in [-0.25, -0.2) is 9.48 Å². The number of hydrogen-bond donors (Lipinski definition) is 2. The van der Waals surface area contributed by atoms with Crippen LogP contribution in [0.15, 0.2) is 29.1 Å². The van der Waals surface area contributed by atoms with Crippen LogP contribution in [0.5, 0.6) is 0 Å². The van der Waals surface area contributed by atoms with E-state index in [2.05, 4.69) is 27.6 Å². The fourth-order valence-electron chi connectivity index (χ4n) is 2.67. The first-order valence-corrected chi connectivity index (χ1v) is 7.79. The van der Waals surface area contributed by atoms with Crippen molar-refractivity contribution >= 4 is 23.7 Å². The highest BCUT2D eigenvalue weighted by atomic mass is 32.2. The van der Waals surface area contributed by atoms with E-state index in [0.717, 1.165) is 19.3 Å². The number of aromatic nitrogens is 3. The molecule has 106 valence electrons. The molecule has 1 aromatic rings. The molecule has 0 amide bonds. The number of carboxylic acid groups (broad SMARTS) is 1. The molecule has 0 fully saturated rings. The van der Waals surface area contributed by atoms with Crippen LogP contribution in [0.2, 0.25) is 0 Å². The van der Waals surface area contributed by atoms with Crippen molar-refractivity contribution in [3.05, 3.63) is 23.9 Å². The number of allylic oxidation sites excluding steroid dienone is 3. The molecule has 1 aliphatic heterocycles. The molecule has 2 heterocycles. The summed E-state index contributed by atoms with van der Waals surface area (Å²) in [4.78, 5) is 15.6. The Kier molecular flexibility index (Phi) is 3.52. The lowest BCUT2D eigenvalue weighted by molar-refractivity contribution is -0.132. The van der Waals surface area contributed by atoms with Crippen molar-refractivity contribution < 1.29 is 9.90 Å². The van der Waals surface area contributed by atoms with Crippen molar-refractivity contribution in [3.8, 4) is 0 Å².